The van der Waals surface area contributed by atoms with Gasteiger partial charge in [0.25, 0.3) is 0 Å². The van der Waals surface area contributed by atoms with E-state index in [0.717, 1.165) is 72.6 Å². The van der Waals surface area contributed by atoms with Crippen LogP contribution in [0.25, 0.3) is 78.4 Å². The van der Waals surface area contributed by atoms with Crippen molar-refractivity contribution in [2.24, 2.45) is 0 Å². The van der Waals surface area contributed by atoms with Gasteiger partial charge in [-0.3, -0.25) is 0 Å². The average Bonchev–Trinajstić information content (AvgIpc) is 3.52. The average molecular weight is 577 g/mol. The number of benzene rings is 6. The lowest BCUT2D eigenvalue weighted by atomic mass is 9.91. The van der Waals surface area contributed by atoms with Crippen LogP contribution in [0.1, 0.15) is 0 Å². The van der Waals surface area contributed by atoms with Crippen LogP contribution in [-0.2, 0) is 0 Å². The van der Waals surface area contributed by atoms with Gasteiger partial charge in [0, 0.05) is 38.6 Å². The molecule has 0 radical (unpaired) electrons. The van der Waals surface area contributed by atoms with Crippen molar-refractivity contribution in [3.8, 4) is 67.7 Å². The van der Waals surface area contributed by atoms with Crippen LogP contribution in [0.15, 0.2) is 174 Å². The summed E-state index contributed by atoms with van der Waals surface area (Å²) in [6, 6.07) is 58.2. The Bertz CT molecular complexity index is 2180. The number of hydrogen-bond donors (Lipinski definition) is 0. The number of rotatable bonds is 6. The zero-order valence-electron chi connectivity index (χ0n) is 24.5. The molecule has 6 aromatic carbocycles. The van der Waals surface area contributed by atoms with Crippen molar-refractivity contribution in [3.05, 3.63) is 170 Å². The molecule has 0 aliphatic carbocycles. The summed E-state index contributed by atoms with van der Waals surface area (Å²) in [5.74, 6) is 2.29. The molecular formula is C42H28N2O. The zero-order chi connectivity index (χ0) is 30.0. The Morgan fingerprint density at radius 2 is 0.800 bits per heavy atom. The molecule has 3 heteroatoms. The van der Waals surface area contributed by atoms with Crippen molar-refractivity contribution in [1.82, 2.24) is 9.97 Å². The van der Waals surface area contributed by atoms with Crippen LogP contribution in [0.4, 0.5) is 0 Å². The van der Waals surface area contributed by atoms with Gasteiger partial charge in [-0.1, -0.05) is 164 Å². The molecule has 0 bridgehead atoms. The summed E-state index contributed by atoms with van der Waals surface area (Å²) in [4.78, 5) is 10.4. The number of fused-ring (bicyclic) bond motifs is 1. The van der Waals surface area contributed by atoms with Crippen molar-refractivity contribution >= 4 is 10.8 Å². The maximum atomic E-state index is 6.94. The minimum absolute atomic E-state index is 0.643. The highest BCUT2D eigenvalue weighted by Gasteiger charge is 2.24. The van der Waals surface area contributed by atoms with E-state index in [2.05, 4.69) is 109 Å². The summed E-state index contributed by atoms with van der Waals surface area (Å²) in [6.45, 7) is 0. The summed E-state index contributed by atoms with van der Waals surface area (Å²) in [5.41, 5.74) is 8.86. The van der Waals surface area contributed by atoms with Gasteiger partial charge in [0.05, 0.1) is 11.4 Å². The molecule has 0 atom stereocenters. The molecule has 0 aliphatic rings. The largest absolute Gasteiger partial charge is 0.455 e. The number of hydrogen-bond acceptors (Lipinski definition) is 3. The normalized spacial score (nSPS) is 11.1. The van der Waals surface area contributed by atoms with Gasteiger partial charge in [0.15, 0.2) is 5.82 Å². The Morgan fingerprint density at radius 3 is 1.36 bits per heavy atom. The first kappa shape index (κ1) is 26.6. The summed E-state index contributed by atoms with van der Waals surface area (Å²) in [5, 5.41) is 2.11. The Balaban J connectivity index is 1.45. The molecule has 8 rings (SSSR count). The molecule has 8 aromatic rings. The van der Waals surface area contributed by atoms with E-state index in [0.29, 0.717) is 5.82 Å². The molecule has 0 unspecified atom stereocenters. The van der Waals surface area contributed by atoms with Gasteiger partial charge in [-0.25, -0.2) is 9.97 Å². The predicted octanol–water partition coefficient (Wildman–Crippen LogP) is 11.2. The molecule has 0 saturated carbocycles. The van der Waals surface area contributed by atoms with Gasteiger partial charge in [0.1, 0.15) is 11.5 Å². The minimum Gasteiger partial charge on any atom is -0.455 e. The molecule has 0 saturated heterocycles. The fourth-order valence-electron chi connectivity index (χ4n) is 6.00. The molecule has 2 aromatic heterocycles. The zero-order valence-corrected chi connectivity index (χ0v) is 24.5. The molecule has 0 N–H and O–H groups in total. The SMILES string of the molecule is c1ccc(-c2cc(-c3ccccc3)nc(-c3cccc(-c4ccccc4)c3-c3oc(-c4ccccc4)c4ccccc34)n2)cc1. The van der Waals surface area contributed by atoms with Gasteiger partial charge in [-0.05, 0) is 17.2 Å². The predicted molar refractivity (Wildman–Crippen MR) is 184 cm³/mol. The van der Waals surface area contributed by atoms with E-state index in [1.165, 1.54) is 0 Å². The van der Waals surface area contributed by atoms with Crippen LogP contribution >= 0.6 is 0 Å². The minimum atomic E-state index is 0.643. The lowest BCUT2D eigenvalue weighted by Crippen LogP contribution is -1.98. The number of furan rings is 1. The first-order valence-corrected chi connectivity index (χ1v) is 15.1. The fraction of sp³-hybridized carbons (Fsp3) is 0. The topological polar surface area (TPSA) is 38.9 Å². The third-order valence-electron chi connectivity index (χ3n) is 8.14. The van der Waals surface area contributed by atoms with Crippen molar-refractivity contribution in [3.63, 3.8) is 0 Å². The van der Waals surface area contributed by atoms with Gasteiger partial charge in [-0.2, -0.15) is 0 Å². The third-order valence-corrected chi connectivity index (χ3v) is 8.14. The maximum Gasteiger partial charge on any atom is 0.161 e. The van der Waals surface area contributed by atoms with Crippen LogP contribution in [-0.4, -0.2) is 9.97 Å². The molecule has 212 valence electrons. The second-order valence-electron chi connectivity index (χ2n) is 11.0. The van der Waals surface area contributed by atoms with E-state index in [1.807, 2.05) is 60.7 Å². The molecule has 0 spiro atoms. The maximum absolute atomic E-state index is 6.94. The van der Waals surface area contributed by atoms with E-state index in [-0.39, 0.29) is 0 Å². The van der Waals surface area contributed by atoms with Gasteiger partial charge < -0.3 is 4.42 Å². The quantitative estimate of drug-likeness (QED) is 0.198. The van der Waals surface area contributed by atoms with Crippen LogP contribution < -0.4 is 0 Å². The second kappa shape index (κ2) is 11.6. The first-order valence-electron chi connectivity index (χ1n) is 15.1. The summed E-state index contributed by atoms with van der Waals surface area (Å²) >= 11 is 0. The van der Waals surface area contributed by atoms with Crippen LogP contribution in [0.3, 0.4) is 0 Å². The van der Waals surface area contributed by atoms with Crippen molar-refractivity contribution in [2.45, 2.75) is 0 Å². The first-order chi connectivity index (χ1) is 22.3. The molecule has 0 fully saturated rings. The fourth-order valence-corrected chi connectivity index (χ4v) is 6.00. The van der Waals surface area contributed by atoms with Gasteiger partial charge in [-0.15, -0.1) is 0 Å². The van der Waals surface area contributed by atoms with Crippen LogP contribution in [0.2, 0.25) is 0 Å². The van der Waals surface area contributed by atoms with Crippen molar-refractivity contribution in [2.75, 3.05) is 0 Å². The number of aromatic nitrogens is 2. The standard InChI is InChI=1S/C42H28N2O/c1-5-16-29(17-6-1)33-26-15-27-36(39(33)41-35-25-14-13-24-34(35)40(45-41)32-22-11-4-12-23-32)42-43-37(30-18-7-2-8-19-30)28-38(44-42)31-20-9-3-10-21-31/h1-28H. The Hall–Kier alpha value is -6.06. The van der Waals surface area contributed by atoms with E-state index in [4.69, 9.17) is 14.4 Å². The van der Waals surface area contributed by atoms with Gasteiger partial charge in [0.2, 0.25) is 0 Å². The Morgan fingerprint density at radius 1 is 0.356 bits per heavy atom. The molecule has 2 heterocycles. The molecule has 45 heavy (non-hydrogen) atoms. The molecule has 0 amide bonds. The van der Waals surface area contributed by atoms with Crippen molar-refractivity contribution in [1.29, 1.82) is 0 Å². The highest BCUT2D eigenvalue weighted by molar-refractivity contribution is 6.07. The Kier molecular flexibility index (Phi) is 6.82. The summed E-state index contributed by atoms with van der Waals surface area (Å²) in [7, 11) is 0. The summed E-state index contributed by atoms with van der Waals surface area (Å²) < 4.78 is 6.94. The van der Waals surface area contributed by atoms with Gasteiger partial charge >= 0.3 is 0 Å². The van der Waals surface area contributed by atoms with Crippen LogP contribution in [0.5, 0.6) is 0 Å². The number of nitrogens with zero attached hydrogens (tertiary/aromatic N) is 2. The van der Waals surface area contributed by atoms with Crippen LogP contribution in [0, 0.1) is 0 Å². The summed E-state index contributed by atoms with van der Waals surface area (Å²) in [6.07, 6.45) is 0. The Labute approximate surface area is 262 Å². The van der Waals surface area contributed by atoms with E-state index < -0.39 is 0 Å². The van der Waals surface area contributed by atoms with Crippen molar-refractivity contribution < 1.29 is 4.42 Å². The van der Waals surface area contributed by atoms with E-state index in [1.54, 1.807) is 0 Å². The third kappa shape index (κ3) is 5.01. The smallest absolute Gasteiger partial charge is 0.161 e. The molecule has 0 aliphatic heterocycles. The van der Waals surface area contributed by atoms with E-state index in [9.17, 15) is 0 Å². The monoisotopic (exact) mass is 576 g/mol. The lowest BCUT2D eigenvalue weighted by Gasteiger charge is -2.15. The highest BCUT2D eigenvalue weighted by Crippen LogP contribution is 2.46. The second-order valence-corrected chi connectivity index (χ2v) is 11.0. The van der Waals surface area contributed by atoms with E-state index >= 15 is 0 Å². The molecular weight excluding hydrogens is 548 g/mol. The molecule has 3 nitrogen and oxygen atoms in total. The lowest BCUT2D eigenvalue weighted by molar-refractivity contribution is 0.602. The highest BCUT2D eigenvalue weighted by atomic mass is 16.3.